The average molecular weight is 252 g/mol. The molecule has 0 spiro atoms. The van der Waals surface area contributed by atoms with Crippen LogP contribution in [-0.2, 0) is 9.47 Å². The fourth-order valence-electron chi connectivity index (χ4n) is 1.82. The van der Waals surface area contributed by atoms with Crippen LogP contribution >= 0.6 is 12.6 Å². The van der Waals surface area contributed by atoms with Gasteiger partial charge in [-0.15, -0.1) is 12.6 Å². The van der Waals surface area contributed by atoms with Gasteiger partial charge >= 0.3 is 5.97 Å². The fraction of sp³-hybridized carbons (Fsp3) is 0.462. The van der Waals surface area contributed by atoms with Crippen LogP contribution in [-0.4, -0.2) is 25.3 Å². The predicted octanol–water partition coefficient (Wildman–Crippen LogP) is 2.70. The van der Waals surface area contributed by atoms with Crippen molar-refractivity contribution in [2.75, 3.05) is 13.2 Å². The Bertz CT molecular complexity index is 386. The van der Waals surface area contributed by atoms with Crippen LogP contribution in [0.2, 0.25) is 0 Å². The highest BCUT2D eigenvalue weighted by Gasteiger charge is 2.16. The third-order valence-electron chi connectivity index (χ3n) is 2.76. The smallest absolute Gasteiger partial charge is 0.338 e. The van der Waals surface area contributed by atoms with Crippen molar-refractivity contribution in [2.45, 2.75) is 30.3 Å². The van der Waals surface area contributed by atoms with Crippen molar-refractivity contribution in [3.05, 3.63) is 29.8 Å². The maximum Gasteiger partial charge on any atom is 0.338 e. The SMILES string of the molecule is O=C(OCC1CCCCO1)c1cccc(S)c1. The Morgan fingerprint density at radius 1 is 1.47 bits per heavy atom. The van der Waals surface area contributed by atoms with Gasteiger partial charge in [-0.05, 0) is 37.5 Å². The first-order valence-electron chi connectivity index (χ1n) is 5.83. The highest BCUT2D eigenvalue weighted by molar-refractivity contribution is 7.80. The predicted molar refractivity (Wildman–Crippen MR) is 67.6 cm³/mol. The Morgan fingerprint density at radius 3 is 3.06 bits per heavy atom. The first kappa shape index (κ1) is 12.5. The molecular formula is C13H16O3S. The third kappa shape index (κ3) is 3.75. The van der Waals surface area contributed by atoms with Crippen LogP contribution in [0.4, 0.5) is 0 Å². The molecule has 2 rings (SSSR count). The van der Waals surface area contributed by atoms with E-state index in [2.05, 4.69) is 12.6 Å². The molecule has 1 atom stereocenters. The number of carbonyl (C=O) groups excluding carboxylic acids is 1. The summed E-state index contributed by atoms with van der Waals surface area (Å²) < 4.78 is 10.7. The zero-order valence-corrected chi connectivity index (χ0v) is 10.5. The summed E-state index contributed by atoms with van der Waals surface area (Å²) in [5, 5.41) is 0. The molecule has 1 aromatic rings. The van der Waals surface area contributed by atoms with Gasteiger partial charge in [0.05, 0.1) is 11.7 Å². The standard InChI is InChI=1S/C13H16O3S/c14-13(10-4-3-6-12(17)8-10)16-9-11-5-1-2-7-15-11/h3-4,6,8,11,17H,1-2,5,7,9H2. The molecule has 0 bridgehead atoms. The second kappa shape index (κ2) is 6.07. The number of carbonyl (C=O) groups is 1. The van der Waals surface area contributed by atoms with E-state index in [1.165, 1.54) is 0 Å². The number of rotatable bonds is 3. The van der Waals surface area contributed by atoms with E-state index in [0.717, 1.165) is 30.8 Å². The molecule has 0 amide bonds. The molecule has 0 radical (unpaired) electrons. The molecule has 0 aromatic heterocycles. The van der Waals surface area contributed by atoms with Gasteiger partial charge in [0, 0.05) is 11.5 Å². The van der Waals surface area contributed by atoms with Gasteiger partial charge in [-0.3, -0.25) is 0 Å². The molecule has 4 heteroatoms. The Hall–Kier alpha value is -1.00. The van der Waals surface area contributed by atoms with Gasteiger partial charge in [0.25, 0.3) is 0 Å². The molecule has 92 valence electrons. The second-order valence-corrected chi connectivity index (χ2v) is 4.65. The van der Waals surface area contributed by atoms with Gasteiger partial charge in [-0.2, -0.15) is 0 Å². The zero-order chi connectivity index (χ0) is 12.1. The lowest BCUT2D eigenvalue weighted by Crippen LogP contribution is -2.25. The second-order valence-electron chi connectivity index (χ2n) is 4.14. The lowest BCUT2D eigenvalue weighted by molar-refractivity contribution is -0.0300. The maximum atomic E-state index is 11.7. The number of ether oxygens (including phenoxy) is 2. The van der Waals surface area contributed by atoms with Crippen molar-refractivity contribution in [2.24, 2.45) is 0 Å². The number of benzene rings is 1. The molecule has 1 saturated heterocycles. The van der Waals surface area contributed by atoms with Crippen LogP contribution in [0.3, 0.4) is 0 Å². The molecule has 1 unspecified atom stereocenters. The summed E-state index contributed by atoms with van der Waals surface area (Å²) >= 11 is 4.19. The Labute approximate surface area is 107 Å². The summed E-state index contributed by atoms with van der Waals surface area (Å²) in [6.45, 7) is 1.12. The van der Waals surface area contributed by atoms with Gasteiger partial charge in [0.1, 0.15) is 6.61 Å². The van der Waals surface area contributed by atoms with Crippen LogP contribution in [0.25, 0.3) is 0 Å². The highest BCUT2D eigenvalue weighted by atomic mass is 32.1. The normalized spacial score (nSPS) is 19.9. The molecule has 17 heavy (non-hydrogen) atoms. The minimum absolute atomic E-state index is 0.0619. The lowest BCUT2D eigenvalue weighted by Gasteiger charge is -2.22. The quantitative estimate of drug-likeness (QED) is 0.663. The molecule has 1 fully saturated rings. The number of thiol groups is 1. The number of hydrogen-bond donors (Lipinski definition) is 1. The monoisotopic (exact) mass is 252 g/mol. The molecule has 1 aliphatic heterocycles. The zero-order valence-electron chi connectivity index (χ0n) is 9.59. The fourth-order valence-corrected chi connectivity index (χ4v) is 2.05. The molecule has 1 aromatic carbocycles. The van der Waals surface area contributed by atoms with Gasteiger partial charge in [0.2, 0.25) is 0 Å². The molecule has 3 nitrogen and oxygen atoms in total. The van der Waals surface area contributed by atoms with Gasteiger partial charge in [-0.1, -0.05) is 6.07 Å². The summed E-state index contributed by atoms with van der Waals surface area (Å²) in [5.74, 6) is -0.310. The van der Waals surface area contributed by atoms with Gasteiger partial charge < -0.3 is 9.47 Å². The van der Waals surface area contributed by atoms with E-state index in [-0.39, 0.29) is 12.1 Å². The summed E-state index contributed by atoms with van der Waals surface area (Å²) in [6.07, 6.45) is 3.28. The Morgan fingerprint density at radius 2 is 2.35 bits per heavy atom. The van der Waals surface area contributed by atoms with E-state index in [9.17, 15) is 4.79 Å². The van der Waals surface area contributed by atoms with Crippen LogP contribution < -0.4 is 0 Å². The van der Waals surface area contributed by atoms with Crippen molar-refractivity contribution in [1.82, 2.24) is 0 Å². The largest absolute Gasteiger partial charge is 0.459 e. The van der Waals surface area contributed by atoms with Crippen LogP contribution in [0.15, 0.2) is 29.2 Å². The minimum atomic E-state index is -0.310. The first-order chi connectivity index (χ1) is 8.25. The van der Waals surface area contributed by atoms with E-state index >= 15 is 0 Å². The van der Waals surface area contributed by atoms with Crippen molar-refractivity contribution >= 4 is 18.6 Å². The average Bonchev–Trinajstić information content (AvgIpc) is 2.37. The van der Waals surface area contributed by atoms with Crippen molar-refractivity contribution in [1.29, 1.82) is 0 Å². The molecule has 0 saturated carbocycles. The van der Waals surface area contributed by atoms with E-state index < -0.39 is 0 Å². The summed E-state index contributed by atoms with van der Waals surface area (Å²) in [4.78, 5) is 12.5. The number of esters is 1. The van der Waals surface area contributed by atoms with E-state index in [0.29, 0.717) is 12.2 Å². The van der Waals surface area contributed by atoms with Gasteiger partial charge in [0.15, 0.2) is 0 Å². The first-order valence-corrected chi connectivity index (χ1v) is 6.28. The van der Waals surface area contributed by atoms with E-state index in [1.807, 2.05) is 6.07 Å². The van der Waals surface area contributed by atoms with E-state index in [1.54, 1.807) is 18.2 Å². The molecular weight excluding hydrogens is 236 g/mol. The minimum Gasteiger partial charge on any atom is -0.459 e. The van der Waals surface area contributed by atoms with Crippen molar-refractivity contribution in [3.8, 4) is 0 Å². The Balaban J connectivity index is 1.84. The van der Waals surface area contributed by atoms with Gasteiger partial charge in [-0.25, -0.2) is 4.79 Å². The third-order valence-corrected chi connectivity index (χ3v) is 3.03. The molecule has 1 heterocycles. The molecule has 0 N–H and O–H groups in total. The maximum absolute atomic E-state index is 11.7. The van der Waals surface area contributed by atoms with Crippen molar-refractivity contribution < 1.29 is 14.3 Å². The van der Waals surface area contributed by atoms with Crippen LogP contribution in [0, 0.1) is 0 Å². The number of hydrogen-bond acceptors (Lipinski definition) is 4. The van der Waals surface area contributed by atoms with Crippen molar-refractivity contribution in [3.63, 3.8) is 0 Å². The summed E-state index contributed by atoms with van der Waals surface area (Å²) in [7, 11) is 0. The highest BCUT2D eigenvalue weighted by Crippen LogP contribution is 2.14. The lowest BCUT2D eigenvalue weighted by atomic mass is 10.1. The topological polar surface area (TPSA) is 35.5 Å². The summed E-state index contributed by atoms with van der Waals surface area (Å²) in [6, 6.07) is 7.04. The Kier molecular flexibility index (Phi) is 4.45. The van der Waals surface area contributed by atoms with E-state index in [4.69, 9.17) is 9.47 Å². The molecule has 0 aliphatic carbocycles. The summed E-state index contributed by atoms with van der Waals surface area (Å²) in [5.41, 5.74) is 0.535. The molecule has 1 aliphatic rings. The van der Waals surface area contributed by atoms with Crippen LogP contribution in [0.5, 0.6) is 0 Å². The van der Waals surface area contributed by atoms with Crippen LogP contribution in [0.1, 0.15) is 29.6 Å².